The molecule has 0 amide bonds. The molecule has 0 aromatic carbocycles. The number of aliphatic carboxylic acids is 2. The van der Waals surface area contributed by atoms with Crippen molar-refractivity contribution in [2.75, 3.05) is 26.7 Å². The van der Waals surface area contributed by atoms with Crippen LogP contribution in [0.5, 0.6) is 0 Å². The van der Waals surface area contributed by atoms with Crippen LogP contribution in [0.4, 0.5) is 0 Å². The number of carboxylic acid groups (broad SMARTS) is 2. The maximum absolute atomic E-state index is 10.9. The van der Waals surface area contributed by atoms with E-state index in [0.717, 1.165) is 0 Å². The topological polar surface area (TPSA) is 89.9 Å². The predicted molar refractivity (Wildman–Crippen MR) is 57.3 cm³/mol. The van der Waals surface area contributed by atoms with Gasteiger partial charge in [-0.15, -0.1) is 0 Å². The lowest BCUT2D eigenvalue weighted by Crippen LogP contribution is -2.50. The molecule has 1 aliphatic rings. The number of likely N-dealkylation sites (tertiary alicyclic amines) is 1. The number of carbonyl (C=O) groups is 2. The molecule has 2 atom stereocenters. The minimum Gasteiger partial charge on any atom is -0.481 e. The van der Waals surface area contributed by atoms with Gasteiger partial charge in [-0.25, -0.2) is 0 Å². The van der Waals surface area contributed by atoms with E-state index in [2.05, 4.69) is 5.32 Å². The van der Waals surface area contributed by atoms with Crippen molar-refractivity contribution in [3.8, 4) is 0 Å². The number of likely N-dealkylation sites (N-methyl/N-ethyl adjacent to an activating group) is 1. The van der Waals surface area contributed by atoms with Crippen molar-refractivity contribution in [3.05, 3.63) is 0 Å². The van der Waals surface area contributed by atoms with Crippen molar-refractivity contribution in [1.82, 2.24) is 10.2 Å². The van der Waals surface area contributed by atoms with Gasteiger partial charge < -0.3 is 20.4 Å². The first-order chi connectivity index (χ1) is 7.52. The van der Waals surface area contributed by atoms with E-state index in [9.17, 15) is 9.59 Å². The Morgan fingerprint density at radius 2 is 2.06 bits per heavy atom. The second-order valence-corrected chi connectivity index (χ2v) is 4.16. The fourth-order valence-corrected chi connectivity index (χ4v) is 2.01. The summed E-state index contributed by atoms with van der Waals surface area (Å²) in [6.07, 6.45) is 0.665. The van der Waals surface area contributed by atoms with Gasteiger partial charge in [0.05, 0.1) is 12.3 Å². The quantitative estimate of drug-likeness (QED) is 0.587. The Balaban J connectivity index is 2.50. The average molecular weight is 230 g/mol. The van der Waals surface area contributed by atoms with E-state index in [0.29, 0.717) is 26.1 Å². The molecule has 6 heteroatoms. The minimum atomic E-state index is -0.849. The number of piperidine rings is 1. The third kappa shape index (κ3) is 3.79. The van der Waals surface area contributed by atoms with Crippen LogP contribution >= 0.6 is 0 Å². The Kier molecular flexibility index (Phi) is 4.70. The van der Waals surface area contributed by atoms with E-state index in [1.54, 1.807) is 7.05 Å². The van der Waals surface area contributed by atoms with Gasteiger partial charge in [0.2, 0.25) is 0 Å². The minimum absolute atomic E-state index is 0.0583. The highest BCUT2D eigenvalue weighted by Gasteiger charge is 2.30. The second kappa shape index (κ2) is 5.81. The highest BCUT2D eigenvalue weighted by atomic mass is 16.4. The molecule has 1 fully saturated rings. The van der Waals surface area contributed by atoms with Gasteiger partial charge in [0.1, 0.15) is 0 Å². The van der Waals surface area contributed by atoms with Crippen molar-refractivity contribution < 1.29 is 19.8 Å². The van der Waals surface area contributed by atoms with Gasteiger partial charge in [-0.2, -0.15) is 0 Å². The number of nitrogens with zero attached hydrogens (tertiary/aromatic N) is 1. The van der Waals surface area contributed by atoms with Gasteiger partial charge in [-0.1, -0.05) is 0 Å². The highest BCUT2D eigenvalue weighted by Crippen LogP contribution is 2.17. The van der Waals surface area contributed by atoms with Crippen molar-refractivity contribution in [2.45, 2.75) is 18.9 Å². The van der Waals surface area contributed by atoms with E-state index in [1.807, 2.05) is 4.90 Å². The SMILES string of the molecule is CNC1CC(C(=O)O)CN(CCC(=O)O)C1. The molecule has 2 unspecified atom stereocenters. The molecule has 0 aromatic heterocycles. The predicted octanol–water partition coefficient (Wildman–Crippen LogP) is -0.544. The summed E-state index contributed by atoms with van der Waals surface area (Å²) >= 11 is 0. The Labute approximate surface area is 94.2 Å². The summed E-state index contributed by atoms with van der Waals surface area (Å²) < 4.78 is 0. The van der Waals surface area contributed by atoms with Gasteiger partial charge in [0.25, 0.3) is 0 Å². The van der Waals surface area contributed by atoms with Crippen LogP contribution in [0.15, 0.2) is 0 Å². The van der Waals surface area contributed by atoms with Crippen LogP contribution in [-0.2, 0) is 9.59 Å². The Hall–Kier alpha value is -1.14. The van der Waals surface area contributed by atoms with E-state index < -0.39 is 17.9 Å². The first kappa shape index (κ1) is 12.9. The first-order valence-electron chi connectivity index (χ1n) is 5.37. The monoisotopic (exact) mass is 230 g/mol. The molecule has 3 N–H and O–H groups in total. The molecule has 0 spiro atoms. The van der Waals surface area contributed by atoms with E-state index in [4.69, 9.17) is 10.2 Å². The molecule has 0 bridgehead atoms. The smallest absolute Gasteiger partial charge is 0.307 e. The molecule has 1 aliphatic heterocycles. The maximum Gasteiger partial charge on any atom is 0.307 e. The van der Waals surface area contributed by atoms with E-state index >= 15 is 0 Å². The summed E-state index contributed by atoms with van der Waals surface area (Å²) in [4.78, 5) is 23.3. The Morgan fingerprint density at radius 1 is 1.38 bits per heavy atom. The van der Waals surface area contributed by atoms with Gasteiger partial charge in [0, 0.05) is 25.7 Å². The van der Waals surface area contributed by atoms with Crippen LogP contribution in [-0.4, -0.2) is 59.8 Å². The molecule has 92 valence electrons. The molecule has 16 heavy (non-hydrogen) atoms. The van der Waals surface area contributed by atoms with Gasteiger partial charge >= 0.3 is 11.9 Å². The fraction of sp³-hybridized carbons (Fsp3) is 0.800. The summed E-state index contributed by atoms with van der Waals surface area (Å²) in [7, 11) is 1.80. The molecule has 0 saturated carbocycles. The fourth-order valence-electron chi connectivity index (χ4n) is 2.01. The van der Waals surface area contributed by atoms with Crippen LogP contribution in [0.3, 0.4) is 0 Å². The zero-order chi connectivity index (χ0) is 12.1. The van der Waals surface area contributed by atoms with Gasteiger partial charge in [0.15, 0.2) is 0 Å². The number of hydrogen-bond donors (Lipinski definition) is 3. The standard InChI is InChI=1S/C10H18N2O4/c1-11-8-4-7(10(15)16)5-12(6-8)3-2-9(13)14/h7-8,11H,2-6H2,1H3,(H,13,14)(H,15,16). The largest absolute Gasteiger partial charge is 0.481 e. The summed E-state index contributed by atoms with van der Waals surface area (Å²) in [6.45, 7) is 1.58. The van der Waals surface area contributed by atoms with Crippen LogP contribution < -0.4 is 5.32 Å². The third-order valence-electron chi connectivity index (χ3n) is 2.93. The summed E-state index contributed by atoms with van der Waals surface area (Å²) in [5, 5.41) is 20.6. The average Bonchev–Trinajstić information content (AvgIpc) is 2.25. The molecule has 1 saturated heterocycles. The third-order valence-corrected chi connectivity index (χ3v) is 2.93. The Morgan fingerprint density at radius 3 is 2.56 bits per heavy atom. The van der Waals surface area contributed by atoms with Gasteiger partial charge in [-0.05, 0) is 13.5 Å². The first-order valence-corrected chi connectivity index (χ1v) is 5.37. The second-order valence-electron chi connectivity index (χ2n) is 4.16. The number of hydrogen-bond acceptors (Lipinski definition) is 4. The number of rotatable bonds is 5. The summed E-state index contributed by atoms with van der Waals surface area (Å²) in [5.74, 6) is -2.06. The molecule has 1 heterocycles. The zero-order valence-corrected chi connectivity index (χ0v) is 9.35. The highest BCUT2D eigenvalue weighted by molar-refractivity contribution is 5.70. The van der Waals surface area contributed by atoms with Crippen LogP contribution in [0, 0.1) is 5.92 Å². The Bertz CT molecular complexity index is 270. The molecular formula is C10H18N2O4. The maximum atomic E-state index is 10.9. The van der Waals surface area contributed by atoms with E-state index in [1.165, 1.54) is 0 Å². The van der Waals surface area contributed by atoms with Gasteiger partial charge in [-0.3, -0.25) is 9.59 Å². The molecule has 6 nitrogen and oxygen atoms in total. The lowest BCUT2D eigenvalue weighted by molar-refractivity contribution is -0.144. The van der Waals surface area contributed by atoms with Crippen molar-refractivity contribution in [3.63, 3.8) is 0 Å². The molecule has 0 aliphatic carbocycles. The molecular weight excluding hydrogens is 212 g/mol. The molecule has 0 aromatic rings. The van der Waals surface area contributed by atoms with Crippen LogP contribution in [0.25, 0.3) is 0 Å². The van der Waals surface area contributed by atoms with Crippen molar-refractivity contribution in [2.24, 2.45) is 5.92 Å². The lowest BCUT2D eigenvalue weighted by atomic mass is 9.94. The van der Waals surface area contributed by atoms with Crippen molar-refractivity contribution in [1.29, 1.82) is 0 Å². The number of nitrogens with one attached hydrogen (secondary N) is 1. The summed E-state index contributed by atoms with van der Waals surface area (Å²) in [5.41, 5.74) is 0. The lowest BCUT2D eigenvalue weighted by Gasteiger charge is -2.35. The van der Waals surface area contributed by atoms with Crippen LogP contribution in [0.2, 0.25) is 0 Å². The normalized spacial score (nSPS) is 26.6. The van der Waals surface area contributed by atoms with E-state index in [-0.39, 0.29) is 12.5 Å². The number of carboxylic acids is 2. The molecule has 1 rings (SSSR count). The zero-order valence-electron chi connectivity index (χ0n) is 9.35. The van der Waals surface area contributed by atoms with Crippen LogP contribution in [0.1, 0.15) is 12.8 Å². The summed E-state index contributed by atoms with van der Waals surface area (Å²) in [6, 6.07) is 0.128. The molecule has 0 radical (unpaired) electrons. The van der Waals surface area contributed by atoms with Crippen molar-refractivity contribution >= 4 is 11.9 Å².